The third-order valence-electron chi connectivity index (χ3n) is 3.96. The third-order valence-corrected chi connectivity index (χ3v) is 3.96. The SMILES string of the molecule is O=CCC[C@H]1CCCC[C@H]1OC1CCCCO1. The number of rotatable bonds is 5. The third kappa shape index (κ3) is 4.07. The molecule has 2 rings (SSSR count). The molecule has 0 bridgehead atoms. The number of carbonyl (C=O) groups excluding carboxylic acids is 1. The van der Waals surface area contributed by atoms with E-state index in [0.717, 1.165) is 32.2 Å². The number of hydrogen-bond donors (Lipinski definition) is 0. The van der Waals surface area contributed by atoms with Gasteiger partial charge in [0.2, 0.25) is 0 Å². The van der Waals surface area contributed by atoms with Crippen LogP contribution in [0.2, 0.25) is 0 Å². The second-order valence-corrected chi connectivity index (χ2v) is 5.26. The minimum Gasteiger partial charge on any atom is -0.353 e. The molecule has 2 aliphatic rings. The topological polar surface area (TPSA) is 35.5 Å². The smallest absolute Gasteiger partial charge is 0.157 e. The van der Waals surface area contributed by atoms with Crippen LogP contribution in [0.3, 0.4) is 0 Å². The van der Waals surface area contributed by atoms with Crippen molar-refractivity contribution >= 4 is 6.29 Å². The number of carbonyl (C=O) groups is 1. The number of ether oxygens (including phenoxy) is 2. The fourth-order valence-electron chi connectivity index (χ4n) is 2.98. The van der Waals surface area contributed by atoms with Crippen LogP contribution in [-0.4, -0.2) is 25.3 Å². The number of hydrogen-bond acceptors (Lipinski definition) is 3. The van der Waals surface area contributed by atoms with Crippen LogP contribution in [-0.2, 0) is 14.3 Å². The summed E-state index contributed by atoms with van der Waals surface area (Å²) in [6.07, 6.45) is 11.4. The molecule has 17 heavy (non-hydrogen) atoms. The van der Waals surface area contributed by atoms with Crippen molar-refractivity contribution in [2.24, 2.45) is 5.92 Å². The maximum atomic E-state index is 10.5. The molecule has 0 aromatic rings. The molecule has 2 fully saturated rings. The Kier molecular flexibility index (Phi) is 5.46. The lowest BCUT2D eigenvalue weighted by atomic mass is 9.83. The highest BCUT2D eigenvalue weighted by Gasteiger charge is 2.28. The van der Waals surface area contributed by atoms with Crippen molar-refractivity contribution in [1.29, 1.82) is 0 Å². The van der Waals surface area contributed by atoms with Crippen LogP contribution < -0.4 is 0 Å². The lowest BCUT2D eigenvalue weighted by Crippen LogP contribution is -2.34. The molecule has 1 unspecified atom stereocenters. The highest BCUT2D eigenvalue weighted by atomic mass is 16.7. The molecule has 3 heteroatoms. The van der Waals surface area contributed by atoms with Gasteiger partial charge in [-0.1, -0.05) is 12.8 Å². The summed E-state index contributed by atoms with van der Waals surface area (Å²) in [5, 5.41) is 0. The first-order valence-electron chi connectivity index (χ1n) is 7.11. The second-order valence-electron chi connectivity index (χ2n) is 5.26. The normalized spacial score (nSPS) is 34.5. The fraction of sp³-hybridized carbons (Fsp3) is 0.929. The summed E-state index contributed by atoms with van der Waals surface area (Å²) >= 11 is 0. The van der Waals surface area contributed by atoms with Crippen molar-refractivity contribution in [3.63, 3.8) is 0 Å². The van der Waals surface area contributed by atoms with E-state index in [1.54, 1.807) is 0 Å². The lowest BCUT2D eigenvalue weighted by Gasteiger charge is -2.35. The van der Waals surface area contributed by atoms with Crippen molar-refractivity contribution in [2.45, 2.75) is 70.2 Å². The monoisotopic (exact) mass is 240 g/mol. The van der Waals surface area contributed by atoms with E-state index in [9.17, 15) is 4.79 Å². The summed E-state index contributed by atoms with van der Waals surface area (Å²) in [6, 6.07) is 0. The van der Waals surface area contributed by atoms with Gasteiger partial charge in [-0.15, -0.1) is 0 Å². The van der Waals surface area contributed by atoms with E-state index in [1.165, 1.54) is 32.1 Å². The van der Waals surface area contributed by atoms with Gasteiger partial charge in [-0.05, 0) is 44.4 Å². The van der Waals surface area contributed by atoms with E-state index in [4.69, 9.17) is 9.47 Å². The van der Waals surface area contributed by atoms with Gasteiger partial charge in [-0.2, -0.15) is 0 Å². The van der Waals surface area contributed by atoms with Crippen LogP contribution in [0.4, 0.5) is 0 Å². The maximum absolute atomic E-state index is 10.5. The first-order chi connectivity index (χ1) is 8.40. The van der Waals surface area contributed by atoms with Crippen LogP contribution >= 0.6 is 0 Å². The molecule has 0 spiro atoms. The minimum absolute atomic E-state index is 0.0191. The molecule has 98 valence electrons. The van der Waals surface area contributed by atoms with Crippen molar-refractivity contribution in [3.8, 4) is 0 Å². The Morgan fingerprint density at radius 2 is 1.94 bits per heavy atom. The molecule has 0 aromatic carbocycles. The predicted octanol–water partition coefficient (Wildman–Crippen LogP) is 3.07. The van der Waals surface area contributed by atoms with E-state index >= 15 is 0 Å². The van der Waals surface area contributed by atoms with E-state index in [1.807, 2.05) is 0 Å². The molecule has 3 atom stereocenters. The molecule has 0 N–H and O–H groups in total. The Bertz CT molecular complexity index is 224. The Labute approximate surface area is 104 Å². The minimum atomic E-state index is 0.0191. The van der Waals surface area contributed by atoms with Crippen molar-refractivity contribution in [2.75, 3.05) is 6.61 Å². The zero-order valence-corrected chi connectivity index (χ0v) is 10.6. The van der Waals surface area contributed by atoms with Gasteiger partial charge in [-0.3, -0.25) is 0 Å². The zero-order chi connectivity index (χ0) is 11.9. The quantitative estimate of drug-likeness (QED) is 0.693. The summed E-state index contributed by atoms with van der Waals surface area (Å²) in [5.74, 6) is 0.569. The summed E-state index contributed by atoms with van der Waals surface area (Å²) in [5.41, 5.74) is 0. The standard InChI is InChI=1S/C14H24O3/c15-10-5-7-12-6-1-2-8-13(12)17-14-9-3-4-11-16-14/h10,12-14H,1-9,11H2/t12-,13-,14?/m1/s1. The average Bonchev–Trinajstić information content (AvgIpc) is 2.39. The van der Waals surface area contributed by atoms with Gasteiger partial charge >= 0.3 is 0 Å². The molecule has 1 heterocycles. The first kappa shape index (κ1) is 13.0. The molecule has 1 saturated carbocycles. The molecule has 3 nitrogen and oxygen atoms in total. The molecule has 1 aliphatic carbocycles. The Morgan fingerprint density at radius 3 is 2.71 bits per heavy atom. The highest BCUT2D eigenvalue weighted by Crippen LogP contribution is 2.32. The maximum Gasteiger partial charge on any atom is 0.157 e. The lowest BCUT2D eigenvalue weighted by molar-refractivity contribution is -0.204. The van der Waals surface area contributed by atoms with Gasteiger partial charge in [-0.25, -0.2) is 0 Å². The Hall–Kier alpha value is -0.410. The van der Waals surface area contributed by atoms with E-state index in [-0.39, 0.29) is 6.29 Å². The largest absolute Gasteiger partial charge is 0.353 e. The second kappa shape index (κ2) is 7.12. The average molecular weight is 240 g/mol. The van der Waals surface area contributed by atoms with Crippen molar-refractivity contribution in [1.82, 2.24) is 0 Å². The van der Waals surface area contributed by atoms with E-state index in [0.29, 0.717) is 18.4 Å². The summed E-state index contributed by atoms with van der Waals surface area (Å²) in [4.78, 5) is 10.5. The summed E-state index contributed by atoms with van der Waals surface area (Å²) in [7, 11) is 0. The highest BCUT2D eigenvalue weighted by molar-refractivity contribution is 5.49. The predicted molar refractivity (Wildman–Crippen MR) is 65.7 cm³/mol. The molecule has 1 saturated heterocycles. The van der Waals surface area contributed by atoms with Gasteiger partial charge in [0.1, 0.15) is 6.29 Å². The Balaban J connectivity index is 1.80. The molecule has 0 amide bonds. The molecular formula is C14H24O3. The molecule has 0 aromatic heterocycles. The number of aldehydes is 1. The van der Waals surface area contributed by atoms with Crippen molar-refractivity contribution in [3.05, 3.63) is 0 Å². The first-order valence-corrected chi connectivity index (χ1v) is 7.11. The van der Waals surface area contributed by atoms with Crippen LogP contribution in [0.25, 0.3) is 0 Å². The summed E-state index contributed by atoms with van der Waals surface area (Å²) in [6.45, 7) is 0.844. The Morgan fingerprint density at radius 1 is 1.12 bits per heavy atom. The zero-order valence-electron chi connectivity index (χ0n) is 10.6. The molecule has 0 radical (unpaired) electrons. The molecule has 1 aliphatic heterocycles. The van der Waals surface area contributed by atoms with Gasteiger partial charge in [0, 0.05) is 13.0 Å². The van der Waals surface area contributed by atoms with Crippen LogP contribution in [0, 0.1) is 5.92 Å². The van der Waals surface area contributed by atoms with Crippen molar-refractivity contribution < 1.29 is 14.3 Å². The fourth-order valence-corrected chi connectivity index (χ4v) is 2.98. The van der Waals surface area contributed by atoms with Crippen LogP contribution in [0.15, 0.2) is 0 Å². The molecular weight excluding hydrogens is 216 g/mol. The van der Waals surface area contributed by atoms with Gasteiger partial charge < -0.3 is 14.3 Å². The summed E-state index contributed by atoms with van der Waals surface area (Å²) < 4.78 is 11.7. The van der Waals surface area contributed by atoms with Crippen LogP contribution in [0.5, 0.6) is 0 Å². The van der Waals surface area contributed by atoms with E-state index in [2.05, 4.69) is 0 Å². The van der Waals surface area contributed by atoms with Gasteiger partial charge in [0.05, 0.1) is 6.10 Å². The van der Waals surface area contributed by atoms with Gasteiger partial charge in [0.25, 0.3) is 0 Å². The van der Waals surface area contributed by atoms with Crippen LogP contribution in [0.1, 0.15) is 57.8 Å². The van der Waals surface area contributed by atoms with Gasteiger partial charge in [0.15, 0.2) is 6.29 Å². The van der Waals surface area contributed by atoms with E-state index < -0.39 is 0 Å².